The number of benzene rings is 2. The zero-order chi connectivity index (χ0) is 14.7. The molecule has 2 aromatic carbocycles. The first-order chi connectivity index (χ1) is 9.47. The van der Waals surface area contributed by atoms with Crippen molar-refractivity contribution in [2.45, 2.75) is 0 Å². The van der Waals surface area contributed by atoms with Crippen LogP contribution in [-0.4, -0.2) is 10.8 Å². The molecule has 0 aliphatic rings. The lowest BCUT2D eigenvalue weighted by atomic mass is 10.2. The van der Waals surface area contributed by atoms with Crippen molar-refractivity contribution < 1.29 is 9.72 Å². The Labute approximate surface area is 136 Å². The standard InChI is InChI=1S/C13H8BrIN2O3/c14-9-4-5-11(12(7-9)17(19)20)16-13(18)8-2-1-3-10(15)6-8/h1-7H,(H,16,18). The molecule has 1 N–H and O–H groups in total. The smallest absolute Gasteiger partial charge is 0.293 e. The van der Waals surface area contributed by atoms with Crippen LogP contribution in [-0.2, 0) is 0 Å². The van der Waals surface area contributed by atoms with Crippen LogP contribution in [0.15, 0.2) is 46.9 Å². The van der Waals surface area contributed by atoms with Gasteiger partial charge in [-0.25, -0.2) is 0 Å². The zero-order valence-corrected chi connectivity index (χ0v) is 13.7. The van der Waals surface area contributed by atoms with Crippen molar-refractivity contribution in [2.24, 2.45) is 0 Å². The van der Waals surface area contributed by atoms with Crippen LogP contribution in [0.3, 0.4) is 0 Å². The largest absolute Gasteiger partial charge is 0.316 e. The maximum absolute atomic E-state index is 12.1. The van der Waals surface area contributed by atoms with Crippen LogP contribution in [0.4, 0.5) is 11.4 Å². The van der Waals surface area contributed by atoms with Gasteiger partial charge in [-0.3, -0.25) is 14.9 Å². The van der Waals surface area contributed by atoms with Crippen molar-refractivity contribution in [3.05, 3.63) is 66.2 Å². The topological polar surface area (TPSA) is 72.2 Å². The first-order valence-electron chi connectivity index (χ1n) is 5.48. The number of nitrogens with one attached hydrogen (secondary N) is 1. The second kappa shape index (κ2) is 6.31. The van der Waals surface area contributed by atoms with E-state index in [1.54, 1.807) is 24.3 Å². The monoisotopic (exact) mass is 446 g/mol. The van der Waals surface area contributed by atoms with Gasteiger partial charge in [0.25, 0.3) is 11.6 Å². The lowest BCUT2D eigenvalue weighted by molar-refractivity contribution is -0.384. The Hall–Kier alpha value is -1.48. The molecule has 5 nitrogen and oxygen atoms in total. The number of hydrogen-bond donors (Lipinski definition) is 1. The Morgan fingerprint density at radius 3 is 2.65 bits per heavy atom. The van der Waals surface area contributed by atoms with Crippen molar-refractivity contribution in [2.75, 3.05) is 5.32 Å². The number of halogens is 2. The van der Waals surface area contributed by atoms with Crippen LogP contribution < -0.4 is 5.32 Å². The van der Waals surface area contributed by atoms with Gasteiger partial charge in [0.1, 0.15) is 5.69 Å². The van der Waals surface area contributed by atoms with E-state index in [1.807, 2.05) is 6.07 Å². The number of carbonyl (C=O) groups is 1. The number of nitro groups is 1. The Bertz CT molecular complexity index is 691. The van der Waals surface area contributed by atoms with Gasteiger partial charge in [0, 0.05) is 19.7 Å². The molecule has 0 bridgehead atoms. The lowest BCUT2D eigenvalue weighted by Crippen LogP contribution is -2.13. The molecular formula is C13H8BrIN2O3. The number of amides is 1. The molecule has 7 heteroatoms. The summed E-state index contributed by atoms with van der Waals surface area (Å²) in [7, 11) is 0. The van der Waals surface area contributed by atoms with Gasteiger partial charge in [-0.05, 0) is 52.9 Å². The Morgan fingerprint density at radius 2 is 2.00 bits per heavy atom. The van der Waals surface area contributed by atoms with E-state index in [-0.39, 0.29) is 17.3 Å². The Morgan fingerprint density at radius 1 is 1.25 bits per heavy atom. The number of anilines is 1. The van der Waals surface area contributed by atoms with E-state index in [1.165, 1.54) is 12.1 Å². The molecule has 0 radical (unpaired) electrons. The van der Waals surface area contributed by atoms with E-state index < -0.39 is 4.92 Å². The van der Waals surface area contributed by atoms with Crippen LogP contribution in [0.1, 0.15) is 10.4 Å². The molecule has 20 heavy (non-hydrogen) atoms. The Balaban J connectivity index is 2.30. The average molecular weight is 447 g/mol. The number of rotatable bonds is 3. The summed E-state index contributed by atoms with van der Waals surface area (Å²) in [6.45, 7) is 0. The van der Waals surface area contributed by atoms with Crippen molar-refractivity contribution in [3.63, 3.8) is 0 Å². The highest BCUT2D eigenvalue weighted by Gasteiger charge is 2.17. The summed E-state index contributed by atoms with van der Waals surface area (Å²) in [5.41, 5.74) is 0.467. The molecule has 0 saturated heterocycles. The summed E-state index contributed by atoms with van der Waals surface area (Å²) >= 11 is 5.26. The molecule has 102 valence electrons. The maximum atomic E-state index is 12.1. The third-order valence-corrected chi connectivity index (χ3v) is 3.66. The van der Waals surface area contributed by atoms with Crippen molar-refractivity contribution in [1.29, 1.82) is 0 Å². The molecule has 0 aliphatic heterocycles. The molecular weight excluding hydrogens is 439 g/mol. The maximum Gasteiger partial charge on any atom is 0.293 e. The van der Waals surface area contributed by atoms with Gasteiger partial charge in [-0.15, -0.1) is 0 Å². The lowest BCUT2D eigenvalue weighted by Gasteiger charge is -2.06. The molecule has 0 atom stereocenters. The molecule has 0 heterocycles. The third kappa shape index (κ3) is 3.54. The predicted octanol–water partition coefficient (Wildman–Crippen LogP) is 4.21. The first kappa shape index (κ1) is 14.9. The van der Waals surface area contributed by atoms with Crippen LogP contribution in [0.25, 0.3) is 0 Å². The summed E-state index contributed by atoms with van der Waals surface area (Å²) in [4.78, 5) is 22.5. The number of nitro benzene ring substituents is 1. The first-order valence-corrected chi connectivity index (χ1v) is 7.35. The van der Waals surface area contributed by atoms with E-state index in [0.29, 0.717) is 10.0 Å². The van der Waals surface area contributed by atoms with Gasteiger partial charge in [-0.1, -0.05) is 22.0 Å². The fourth-order valence-electron chi connectivity index (χ4n) is 1.59. The number of hydrogen-bond acceptors (Lipinski definition) is 3. The molecule has 0 aromatic heterocycles. The van der Waals surface area contributed by atoms with E-state index in [4.69, 9.17) is 0 Å². The molecule has 0 unspecified atom stereocenters. The molecule has 2 aromatic rings. The Kier molecular flexibility index (Phi) is 4.71. The second-order valence-electron chi connectivity index (χ2n) is 3.88. The highest BCUT2D eigenvalue weighted by atomic mass is 127. The molecule has 0 saturated carbocycles. The van der Waals surface area contributed by atoms with E-state index in [9.17, 15) is 14.9 Å². The van der Waals surface area contributed by atoms with Gasteiger partial charge >= 0.3 is 0 Å². The summed E-state index contributed by atoms with van der Waals surface area (Å²) < 4.78 is 1.50. The summed E-state index contributed by atoms with van der Waals surface area (Å²) in [5.74, 6) is -0.381. The van der Waals surface area contributed by atoms with Crippen molar-refractivity contribution >= 4 is 55.8 Å². The van der Waals surface area contributed by atoms with Gasteiger partial charge < -0.3 is 5.32 Å². The number of carbonyl (C=O) groups excluding carboxylic acids is 1. The van der Waals surface area contributed by atoms with Crippen molar-refractivity contribution in [3.8, 4) is 0 Å². The average Bonchev–Trinajstić information content (AvgIpc) is 2.40. The van der Waals surface area contributed by atoms with Gasteiger partial charge in [0.05, 0.1) is 4.92 Å². The minimum Gasteiger partial charge on any atom is -0.316 e. The highest BCUT2D eigenvalue weighted by molar-refractivity contribution is 14.1. The van der Waals surface area contributed by atoms with Gasteiger partial charge in [0.2, 0.25) is 0 Å². The minimum absolute atomic E-state index is 0.154. The molecule has 0 spiro atoms. The molecule has 1 amide bonds. The highest BCUT2D eigenvalue weighted by Crippen LogP contribution is 2.28. The second-order valence-corrected chi connectivity index (χ2v) is 6.04. The summed E-state index contributed by atoms with van der Waals surface area (Å²) in [6.07, 6.45) is 0. The van der Waals surface area contributed by atoms with Gasteiger partial charge in [-0.2, -0.15) is 0 Å². The third-order valence-electron chi connectivity index (χ3n) is 2.49. The fourth-order valence-corrected chi connectivity index (χ4v) is 2.48. The minimum atomic E-state index is -0.533. The van der Waals surface area contributed by atoms with E-state index in [0.717, 1.165) is 3.57 Å². The normalized spacial score (nSPS) is 10.1. The summed E-state index contributed by atoms with van der Waals surface area (Å²) in [6, 6.07) is 11.5. The van der Waals surface area contributed by atoms with E-state index in [2.05, 4.69) is 43.8 Å². The quantitative estimate of drug-likeness (QED) is 0.436. The van der Waals surface area contributed by atoms with Crippen LogP contribution in [0.2, 0.25) is 0 Å². The predicted molar refractivity (Wildman–Crippen MR) is 87.9 cm³/mol. The van der Waals surface area contributed by atoms with Crippen LogP contribution >= 0.6 is 38.5 Å². The van der Waals surface area contributed by atoms with Crippen molar-refractivity contribution in [1.82, 2.24) is 0 Å². The fraction of sp³-hybridized carbons (Fsp3) is 0. The summed E-state index contributed by atoms with van der Waals surface area (Å²) in [5, 5.41) is 13.5. The van der Waals surface area contributed by atoms with Gasteiger partial charge in [0.15, 0.2) is 0 Å². The van der Waals surface area contributed by atoms with Crippen LogP contribution in [0.5, 0.6) is 0 Å². The zero-order valence-electron chi connectivity index (χ0n) is 9.97. The molecule has 0 fully saturated rings. The van der Waals surface area contributed by atoms with E-state index >= 15 is 0 Å². The SMILES string of the molecule is O=C(Nc1ccc(Br)cc1[N+](=O)[O-])c1cccc(I)c1. The molecule has 2 rings (SSSR count). The van der Waals surface area contributed by atoms with Crippen LogP contribution in [0, 0.1) is 13.7 Å². The molecule has 0 aliphatic carbocycles. The number of nitrogens with zero attached hydrogens (tertiary/aromatic N) is 1.